The lowest BCUT2D eigenvalue weighted by Gasteiger charge is -2.39. The van der Waals surface area contributed by atoms with Gasteiger partial charge in [-0.1, -0.05) is 13.8 Å². The number of hydrogen-bond acceptors (Lipinski definition) is 4. The molecule has 17 heavy (non-hydrogen) atoms. The van der Waals surface area contributed by atoms with Crippen LogP contribution in [-0.2, 0) is 14.3 Å². The Morgan fingerprint density at radius 2 is 2.29 bits per heavy atom. The van der Waals surface area contributed by atoms with Crippen LogP contribution in [0.15, 0.2) is 0 Å². The number of hydrogen-bond donors (Lipinski definition) is 1. The van der Waals surface area contributed by atoms with Crippen LogP contribution in [0.1, 0.15) is 20.3 Å². The molecular weight excluding hydrogens is 222 g/mol. The average molecular weight is 245 g/mol. The Bertz CT molecular complexity index is 245. The predicted molar refractivity (Wildman–Crippen MR) is 64.1 cm³/mol. The van der Waals surface area contributed by atoms with Crippen molar-refractivity contribution >= 4 is 5.97 Å². The van der Waals surface area contributed by atoms with E-state index in [2.05, 4.69) is 18.7 Å². The highest BCUT2D eigenvalue weighted by Crippen LogP contribution is 2.17. The standard InChI is InChI=1S/C12H23NO4/c1-9(2)11(8-16-3)13-4-5-17-10(7-13)6-12(14)15/h9-11H,4-8H2,1-3H3,(H,14,15). The second kappa shape index (κ2) is 6.93. The van der Waals surface area contributed by atoms with E-state index in [1.807, 2.05) is 0 Å². The minimum atomic E-state index is -0.801. The molecule has 0 radical (unpaired) electrons. The first kappa shape index (κ1) is 14.4. The van der Waals surface area contributed by atoms with E-state index in [0.717, 1.165) is 6.54 Å². The van der Waals surface area contributed by atoms with Crippen molar-refractivity contribution in [3.8, 4) is 0 Å². The fourth-order valence-electron chi connectivity index (χ4n) is 2.25. The first-order valence-corrected chi connectivity index (χ1v) is 6.11. The smallest absolute Gasteiger partial charge is 0.306 e. The van der Waals surface area contributed by atoms with E-state index in [1.54, 1.807) is 7.11 Å². The first-order valence-electron chi connectivity index (χ1n) is 6.11. The molecule has 5 nitrogen and oxygen atoms in total. The quantitative estimate of drug-likeness (QED) is 0.751. The SMILES string of the molecule is COCC(C(C)C)N1CCOC(CC(=O)O)C1. The van der Waals surface area contributed by atoms with Gasteiger partial charge in [0, 0.05) is 26.2 Å². The fourth-order valence-corrected chi connectivity index (χ4v) is 2.25. The molecule has 1 saturated heterocycles. The van der Waals surface area contributed by atoms with Crippen LogP contribution in [-0.4, -0.2) is 61.5 Å². The zero-order valence-corrected chi connectivity index (χ0v) is 10.9. The van der Waals surface area contributed by atoms with E-state index in [9.17, 15) is 4.79 Å². The van der Waals surface area contributed by atoms with Crippen molar-refractivity contribution in [2.24, 2.45) is 5.92 Å². The van der Waals surface area contributed by atoms with Crippen LogP contribution in [0.5, 0.6) is 0 Å². The molecule has 0 aliphatic carbocycles. The van der Waals surface area contributed by atoms with Crippen molar-refractivity contribution in [3.63, 3.8) is 0 Å². The van der Waals surface area contributed by atoms with Gasteiger partial charge < -0.3 is 14.6 Å². The molecule has 1 rings (SSSR count). The zero-order chi connectivity index (χ0) is 12.8. The number of morpholine rings is 1. The van der Waals surface area contributed by atoms with E-state index in [0.29, 0.717) is 31.7 Å². The summed E-state index contributed by atoms with van der Waals surface area (Å²) in [7, 11) is 1.70. The highest BCUT2D eigenvalue weighted by molar-refractivity contribution is 5.67. The minimum Gasteiger partial charge on any atom is -0.481 e. The molecule has 1 N–H and O–H groups in total. The lowest BCUT2D eigenvalue weighted by Crippen LogP contribution is -2.51. The minimum absolute atomic E-state index is 0.0777. The molecule has 0 aromatic rings. The summed E-state index contributed by atoms with van der Waals surface area (Å²) < 4.78 is 10.7. The van der Waals surface area contributed by atoms with E-state index < -0.39 is 5.97 Å². The van der Waals surface area contributed by atoms with E-state index in [1.165, 1.54) is 0 Å². The molecule has 0 saturated carbocycles. The van der Waals surface area contributed by atoms with Crippen LogP contribution in [0.4, 0.5) is 0 Å². The Morgan fingerprint density at radius 1 is 1.59 bits per heavy atom. The molecule has 5 heteroatoms. The second-order valence-corrected chi connectivity index (χ2v) is 4.85. The summed E-state index contributed by atoms with van der Waals surface area (Å²) in [5.74, 6) is -0.316. The van der Waals surface area contributed by atoms with Gasteiger partial charge in [-0.25, -0.2) is 0 Å². The van der Waals surface area contributed by atoms with Crippen molar-refractivity contribution in [2.75, 3.05) is 33.4 Å². The molecule has 100 valence electrons. The van der Waals surface area contributed by atoms with Gasteiger partial charge in [0.2, 0.25) is 0 Å². The average Bonchev–Trinajstić information content (AvgIpc) is 2.24. The van der Waals surface area contributed by atoms with Gasteiger partial charge >= 0.3 is 5.97 Å². The van der Waals surface area contributed by atoms with Gasteiger partial charge in [0.1, 0.15) is 0 Å². The Hall–Kier alpha value is -0.650. The molecular formula is C12H23NO4. The zero-order valence-electron chi connectivity index (χ0n) is 10.9. The molecule has 0 aromatic heterocycles. The molecule has 0 aromatic carbocycles. The van der Waals surface area contributed by atoms with Gasteiger partial charge in [-0.2, -0.15) is 0 Å². The second-order valence-electron chi connectivity index (χ2n) is 4.85. The third kappa shape index (κ3) is 4.61. The summed E-state index contributed by atoms with van der Waals surface area (Å²) in [4.78, 5) is 13.0. The van der Waals surface area contributed by atoms with Crippen LogP contribution >= 0.6 is 0 Å². The number of ether oxygens (including phenoxy) is 2. The van der Waals surface area contributed by atoms with Crippen LogP contribution in [0.25, 0.3) is 0 Å². The Labute approximate surface area is 103 Å². The largest absolute Gasteiger partial charge is 0.481 e. The van der Waals surface area contributed by atoms with Gasteiger partial charge in [0.05, 0.1) is 25.7 Å². The molecule has 2 atom stereocenters. The summed E-state index contributed by atoms with van der Waals surface area (Å²) in [5.41, 5.74) is 0. The van der Waals surface area contributed by atoms with Crippen molar-refractivity contribution < 1.29 is 19.4 Å². The number of methoxy groups -OCH3 is 1. The number of aliphatic carboxylic acids is 1. The van der Waals surface area contributed by atoms with Crippen LogP contribution in [0, 0.1) is 5.92 Å². The van der Waals surface area contributed by atoms with Crippen molar-refractivity contribution in [3.05, 3.63) is 0 Å². The number of carbonyl (C=O) groups is 1. The highest BCUT2D eigenvalue weighted by atomic mass is 16.5. The maximum absolute atomic E-state index is 10.7. The van der Waals surface area contributed by atoms with Gasteiger partial charge in [-0.3, -0.25) is 9.69 Å². The van der Waals surface area contributed by atoms with E-state index >= 15 is 0 Å². The monoisotopic (exact) mass is 245 g/mol. The maximum atomic E-state index is 10.7. The first-order chi connectivity index (χ1) is 8.04. The molecule has 0 spiro atoms. The van der Waals surface area contributed by atoms with Crippen molar-refractivity contribution in [2.45, 2.75) is 32.4 Å². The molecule has 1 heterocycles. The summed E-state index contributed by atoms with van der Waals surface area (Å²) >= 11 is 0. The third-order valence-corrected chi connectivity index (χ3v) is 3.15. The van der Waals surface area contributed by atoms with Gasteiger partial charge in [0.25, 0.3) is 0 Å². The number of nitrogens with zero attached hydrogens (tertiary/aromatic N) is 1. The van der Waals surface area contributed by atoms with Crippen molar-refractivity contribution in [1.29, 1.82) is 0 Å². The molecule has 1 fully saturated rings. The maximum Gasteiger partial charge on any atom is 0.306 e. The van der Waals surface area contributed by atoms with Crippen molar-refractivity contribution in [1.82, 2.24) is 4.90 Å². The lowest BCUT2D eigenvalue weighted by atomic mass is 10.0. The van der Waals surface area contributed by atoms with Gasteiger partial charge in [0.15, 0.2) is 0 Å². The van der Waals surface area contributed by atoms with Gasteiger partial charge in [-0.05, 0) is 5.92 Å². The van der Waals surface area contributed by atoms with Gasteiger partial charge in [-0.15, -0.1) is 0 Å². The summed E-state index contributed by atoms with van der Waals surface area (Å²) in [5, 5.41) is 8.78. The van der Waals surface area contributed by atoms with E-state index in [4.69, 9.17) is 14.6 Å². The molecule has 2 unspecified atom stereocenters. The van der Waals surface area contributed by atoms with Crippen LogP contribution < -0.4 is 0 Å². The lowest BCUT2D eigenvalue weighted by molar-refractivity contribution is -0.143. The molecule has 0 amide bonds. The number of carboxylic acids is 1. The Morgan fingerprint density at radius 3 is 2.82 bits per heavy atom. The van der Waals surface area contributed by atoms with Crippen LogP contribution in [0.2, 0.25) is 0 Å². The number of carboxylic acid groups (broad SMARTS) is 1. The normalized spacial score (nSPS) is 23.9. The summed E-state index contributed by atoms with van der Waals surface area (Å²) in [6.07, 6.45) is -0.117. The van der Waals surface area contributed by atoms with E-state index in [-0.39, 0.29) is 12.5 Å². The molecule has 1 aliphatic heterocycles. The fraction of sp³-hybridized carbons (Fsp3) is 0.917. The Balaban J connectivity index is 2.53. The topological polar surface area (TPSA) is 59.0 Å². The predicted octanol–water partition coefficient (Wildman–Crippen LogP) is 0.833. The number of rotatable bonds is 6. The molecule has 0 bridgehead atoms. The summed E-state index contributed by atoms with van der Waals surface area (Å²) in [6, 6.07) is 0.334. The highest BCUT2D eigenvalue weighted by Gasteiger charge is 2.29. The third-order valence-electron chi connectivity index (χ3n) is 3.15. The van der Waals surface area contributed by atoms with Crippen LogP contribution in [0.3, 0.4) is 0 Å². The summed E-state index contributed by atoms with van der Waals surface area (Å²) in [6.45, 7) is 7.12. The Kier molecular flexibility index (Phi) is 5.88. The molecule has 1 aliphatic rings.